The SMILES string of the molecule is CCc1cccc(CC)c1-c1nc(C)c(CN(CC)CC)c(OC)c1C. The molecule has 0 radical (unpaired) electrons. The van der Waals surface area contributed by atoms with Gasteiger partial charge in [-0.05, 0) is 50.9 Å². The lowest BCUT2D eigenvalue weighted by molar-refractivity contribution is 0.287. The van der Waals surface area contributed by atoms with Crippen molar-refractivity contribution in [1.82, 2.24) is 9.88 Å². The minimum absolute atomic E-state index is 0.881. The third-order valence-electron chi connectivity index (χ3n) is 5.40. The van der Waals surface area contributed by atoms with Crippen LogP contribution in [0.2, 0.25) is 0 Å². The molecule has 0 saturated carbocycles. The lowest BCUT2D eigenvalue weighted by atomic mass is 9.91. The summed E-state index contributed by atoms with van der Waals surface area (Å²) in [6, 6.07) is 6.61. The molecule has 1 aromatic heterocycles. The van der Waals surface area contributed by atoms with E-state index in [0.29, 0.717) is 0 Å². The maximum absolute atomic E-state index is 5.89. The summed E-state index contributed by atoms with van der Waals surface area (Å²) < 4.78 is 5.89. The van der Waals surface area contributed by atoms with Crippen molar-refractivity contribution in [3.05, 3.63) is 46.1 Å². The van der Waals surface area contributed by atoms with Crippen LogP contribution in [0.3, 0.4) is 0 Å². The highest BCUT2D eigenvalue weighted by Crippen LogP contribution is 2.37. The summed E-state index contributed by atoms with van der Waals surface area (Å²) in [6.45, 7) is 16.0. The number of ether oxygens (including phenoxy) is 1. The van der Waals surface area contributed by atoms with E-state index < -0.39 is 0 Å². The van der Waals surface area contributed by atoms with Crippen LogP contribution < -0.4 is 4.74 Å². The van der Waals surface area contributed by atoms with Gasteiger partial charge in [0.2, 0.25) is 0 Å². The molecular formula is C23H34N2O. The van der Waals surface area contributed by atoms with E-state index in [4.69, 9.17) is 9.72 Å². The summed E-state index contributed by atoms with van der Waals surface area (Å²) in [5.41, 5.74) is 8.53. The average molecular weight is 355 g/mol. The van der Waals surface area contributed by atoms with E-state index in [0.717, 1.165) is 55.2 Å². The number of methoxy groups -OCH3 is 1. The Morgan fingerprint density at radius 2 is 1.54 bits per heavy atom. The number of pyridine rings is 1. The predicted octanol–water partition coefficient (Wildman–Crippen LogP) is 5.34. The molecule has 26 heavy (non-hydrogen) atoms. The summed E-state index contributed by atoms with van der Waals surface area (Å²) in [5, 5.41) is 0. The van der Waals surface area contributed by atoms with Gasteiger partial charge in [0, 0.05) is 28.9 Å². The highest BCUT2D eigenvalue weighted by Gasteiger charge is 2.21. The Kier molecular flexibility index (Phi) is 7.22. The zero-order valence-electron chi connectivity index (χ0n) is 17.6. The van der Waals surface area contributed by atoms with Gasteiger partial charge in [-0.1, -0.05) is 45.9 Å². The van der Waals surface area contributed by atoms with Crippen LogP contribution in [0.15, 0.2) is 18.2 Å². The molecule has 0 fully saturated rings. The van der Waals surface area contributed by atoms with Gasteiger partial charge in [0.25, 0.3) is 0 Å². The van der Waals surface area contributed by atoms with Crippen LogP contribution in [0.5, 0.6) is 5.75 Å². The predicted molar refractivity (Wildman–Crippen MR) is 111 cm³/mol. The van der Waals surface area contributed by atoms with Crippen molar-refractivity contribution < 1.29 is 4.74 Å². The zero-order chi connectivity index (χ0) is 19.3. The van der Waals surface area contributed by atoms with Gasteiger partial charge in [-0.25, -0.2) is 0 Å². The quantitative estimate of drug-likeness (QED) is 0.640. The number of benzene rings is 1. The number of hydrogen-bond donors (Lipinski definition) is 0. The molecular weight excluding hydrogens is 320 g/mol. The van der Waals surface area contributed by atoms with E-state index in [-0.39, 0.29) is 0 Å². The van der Waals surface area contributed by atoms with Crippen molar-refractivity contribution in [2.24, 2.45) is 0 Å². The Bertz CT molecular complexity index is 726. The number of rotatable bonds is 8. The molecule has 0 unspecified atom stereocenters. The molecule has 0 amide bonds. The van der Waals surface area contributed by atoms with Crippen molar-refractivity contribution in [3.63, 3.8) is 0 Å². The number of nitrogens with zero attached hydrogens (tertiary/aromatic N) is 2. The van der Waals surface area contributed by atoms with Crippen molar-refractivity contribution in [2.45, 2.75) is 60.9 Å². The third kappa shape index (κ3) is 3.93. The smallest absolute Gasteiger partial charge is 0.130 e. The molecule has 0 aliphatic rings. The highest BCUT2D eigenvalue weighted by molar-refractivity contribution is 5.73. The maximum Gasteiger partial charge on any atom is 0.130 e. The Morgan fingerprint density at radius 3 is 2.00 bits per heavy atom. The van der Waals surface area contributed by atoms with Crippen LogP contribution in [0.25, 0.3) is 11.3 Å². The first-order valence-electron chi connectivity index (χ1n) is 9.89. The van der Waals surface area contributed by atoms with Crippen molar-refractivity contribution in [3.8, 4) is 17.0 Å². The van der Waals surface area contributed by atoms with E-state index in [1.165, 1.54) is 22.3 Å². The van der Waals surface area contributed by atoms with Crippen LogP contribution in [0.1, 0.15) is 55.6 Å². The first-order chi connectivity index (χ1) is 12.5. The van der Waals surface area contributed by atoms with Gasteiger partial charge >= 0.3 is 0 Å². The largest absolute Gasteiger partial charge is 0.496 e. The first kappa shape index (κ1) is 20.4. The molecule has 0 saturated heterocycles. The number of hydrogen-bond acceptors (Lipinski definition) is 3. The van der Waals surface area contributed by atoms with Crippen LogP contribution >= 0.6 is 0 Å². The number of aromatic nitrogens is 1. The van der Waals surface area contributed by atoms with Gasteiger partial charge in [0.15, 0.2) is 0 Å². The van der Waals surface area contributed by atoms with Gasteiger partial charge in [-0.15, -0.1) is 0 Å². The molecule has 1 heterocycles. The van der Waals surface area contributed by atoms with Crippen LogP contribution in [0, 0.1) is 13.8 Å². The maximum atomic E-state index is 5.89. The lowest BCUT2D eigenvalue weighted by Gasteiger charge is -2.24. The summed E-state index contributed by atoms with van der Waals surface area (Å²) in [6.07, 6.45) is 2.01. The van der Waals surface area contributed by atoms with E-state index >= 15 is 0 Å². The van der Waals surface area contributed by atoms with Crippen molar-refractivity contribution >= 4 is 0 Å². The molecule has 0 aliphatic carbocycles. The van der Waals surface area contributed by atoms with E-state index in [9.17, 15) is 0 Å². The second-order valence-electron chi connectivity index (χ2n) is 6.80. The third-order valence-corrected chi connectivity index (χ3v) is 5.40. The normalized spacial score (nSPS) is 11.2. The topological polar surface area (TPSA) is 25.4 Å². The van der Waals surface area contributed by atoms with Gasteiger partial charge < -0.3 is 4.74 Å². The number of aryl methyl sites for hydroxylation is 3. The highest BCUT2D eigenvalue weighted by atomic mass is 16.5. The summed E-state index contributed by atoms with van der Waals surface area (Å²) in [7, 11) is 1.78. The Balaban J connectivity index is 2.69. The molecule has 2 aromatic rings. The van der Waals surface area contributed by atoms with Gasteiger partial charge in [0.1, 0.15) is 5.75 Å². The molecule has 0 atom stereocenters. The molecule has 0 spiro atoms. The van der Waals surface area contributed by atoms with E-state index in [1.54, 1.807) is 7.11 Å². The monoisotopic (exact) mass is 354 g/mol. The molecule has 3 heteroatoms. The molecule has 142 valence electrons. The van der Waals surface area contributed by atoms with Crippen LogP contribution in [0.4, 0.5) is 0 Å². The molecule has 1 aromatic carbocycles. The summed E-state index contributed by atoms with van der Waals surface area (Å²) in [4.78, 5) is 7.49. The summed E-state index contributed by atoms with van der Waals surface area (Å²) >= 11 is 0. The Labute approximate surface area is 159 Å². The molecule has 3 nitrogen and oxygen atoms in total. The second-order valence-corrected chi connectivity index (χ2v) is 6.80. The fraction of sp³-hybridized carbons (Fsp3) is 0.522. The summed E-state index contributed by atoms with van der Waals surface area (Å²) in [5.74, 6) is 0.993. The second kappa shape index (κ2) is 9.18. The molecule has 0 bridgehead atoms. The fourth-order valence-electron chi connectivity index (χ4n) is 3.74. The molecule has 0 aliphatic heterocycles. The zero-order valence-corrected chi connectivity index (χ0v) is 17.6. The van der Waals surface area contributed by atoms with Crippen molar-refractivity contribution in [1.29, 1.82) is 0 Å². The lowest BCUT2D eigenvalue weighted by Crippen LogP contribution is -2.23. The van der Waals surface area contributed by atoms with E-state index in [2.05, 4.69) is 64.6 Å². The minimum Gasteiger partial charge on any atom is -0.496 e. The minimum atomic E-state index is 0.881. The first-order valence-corrected chi connectivity index (χ1v) is 9.89. The Morgan fingerprint density at radius 1 is 0.962 bits per heavy atom. The van der Waals surface area contributed by atoms with Gasteiger partial charge in [-0.2, -0.15) is 0 Å². The van der Waals surface area contributed by atoms with E-state index in [1.807, 2.05) is 0 Å². The Hall–Kier alpha value is -1.87. The average Bonchev–Trinajstić information content (AvgIpc) is 2.67. The van der Waals surface area contributed by atoms with Gasteiger partial charge in [0.05, 0.1) is 12.8 Å². The van der Waals surface area contributed by atoms with Gasteiger partial charge in [-0.3, -0.25) is 9.88 Å². The molecule has 2 rings (SSSR count). The van der Waals surface area contributed by atoms with Crippen molar-refractivity contribution in [2.75, 3.05) is 20.2 Å². The fourth-order valence-corrected chi connectivity index (χ4v) is 3.74. The van der Waals surface area contributed by atoms with Crippen LogP contribution in [-0.2, 0) is 19.4 Å². The standard InChI is InChI=1S/C23H34N2O/c1-8-18-13-12-14-19(9-2)21(18)22-16(5)23(26-7)20(17(6)24-22)15-25(10-3)11-4/h12-14H,8-11,15H2,1-7H3. The van der Waals surface area contributed by atoms with Crippen LogP contribution in [-0.4, -0.2) is 30.1 Å². The molecule has 0 N–H and O–H groups in total.